The maximum absolute atomic E-state index is 11.3. The van der Waals surface area contributed by atoms with Crippen LogP contribution in [-0.2, 0) is 9.16 Å². The van der Waals surface area contributed by atoms with Crippen molar-refractivity contribution in [3.8, 4) is 0 Å². The van der Waals surface area contributed by atoms with Gasteiger partial charge in [0.25, 0.3) is 0 Å². The first-order valence-corrected chi connectivity index (χ1v) is 8.39. The fourth-order valence-electron chi connectivity index (χ4n) is 2.09. The van der Waals surface area contributed by atoms with E-state index in [0.29, 0.717) is 19.1 Å². The predicted molar refractivity (Wildman–Crippen MR) is 70.9 cm³/mol. The summed E-state index contributed by atoms with van der Waals surface area (Å²) in [4.78, 5) is 11.3. The lowest BCUT2D eigenvalue weighted by molar-refractivity contribution is 0.128. The van der Waals surface area contributed by atoms with E-state index >= 15 is 0 Å². The van der Waals surface area contributed by atoms with Crippen LogP contribution >= 0.6 is 0 Å². The maximum Gasteiger partial charge on any atom is 0.407 e. The van der Waals surface area contributed by atoms with Gasteiger partial charge in [-0.15, -0.1) is 0 Å². The van der Waals surface area contributed by atoms with E-state index in [4.69, 9.17) is 9.16 Å². The van der Waals surface area contributed by atoms with E-state index in [0.717, 1.165) is 19.1 Å². The highest BCUT2D eigenvalue weighted by atomic mass is 28.2. The number of hydrogen-bond donors (Lipinski definition) is 1. The monoisotopic (exact) mass is 259 g/mol. The molecule has 1 N–H and O–H groups in total. The SMILES string of the molecule is CCO[SiH2]CCCNC(=O)OCC1CCCC1. The zero-order valence-corrected chi connectivity index (χ0v) is 12.3. The molecule has 1 rings (SSSR count). The van der Waals surface area contributed by atoms with E-state index < -0.39 is 0 Å². The minimum absolute atomic E-state index is 0.255. The van der Waals surface area contributed by atoms with E-state index in [-0.39, 0.29) is 15.9 Å². The molecule has 0 aromatic carbocycles. The van der Waals surface area contributed by atoms with E-state index in [1.54, 1.807) is 0 Å². The summed E-state index contributed by atoms with van der Waals surface area (Å²) in [5.74, 6) is 0.603. The van der Waals surface area contributed by atoms with Gasteiger partial charge in [-0.05, 0) is 38.1 Å². The zero-order chi connectivity index (χ0) is 12.3. The fourth-order valence-corrected chi connectivity index (χ4v) is 3.03. The van der Waals surface area contributed by atoms with Crippen LogP contribution in [0.2, 0.25) is 6.04 Å². The number of carbonyl (C=O) groups excluding carboxylic acids is 1. The molecule has 0 saturated heterocycles. The van der Waals surface area contributed by atoms with Gasteiger partial charge in [0.05, 0.1) is 6.61 Å². The first-order valence-electron chi connectivity index (χ1n) is 6.81. The van der Waals surface area contributed by atoms with Crippen LogP contribution in [0.4, 0.5) is 4.79 Å². The summed E-state index contributed by atoms with van der Waals surface area (Å²) in [6.45, 7) is 4.15. The molecule has 1 aliphatic carbocycles. The minimum Gasteiger partial charge on any atom is -0.449 e. The molecule has 1 fully saturated rings. The van der Waals surface area contributed by atoms with Crippen molar-refractivity contribution in [3.05, 3.63) is 0 Å². The van der Waals surface area contributed by atoms with Crippen molar-refractivity contribution in [2.24, 2.45) is 5.92 Å². The fraction of sp³-hybridized carbons (Fsp3) is 0.917. The topological polar surface area (TPSA) is 47.6 Å². The largest absolute Gasteiger partial charge is 0.449 e. The Kier molecular flexibility index (Phi) is 8.09. The van der Waals surface area contributed by atoms with Crippen molar-refractivity contribution in [1.82, 2.24) is 5.32 Å². The lowest BCUT2D eigenvalue weighted by Gasteiger charge is -2.10. The number of hydrogen-bond acceptors (Lipinski definition) is 3. The van der Waals surface area contributed by atoms with Gasteiger partial charge in [0.15, 0.2) is 9.76 Å². The summed E-state index contributed by atoms with van der Waals surface area (Å²) < 4.78 is 10.5. The summed E-state index contributed by atoms with van der Waals surface area (Å²) in [7, 11) is -0.349. The van der Waals surface area contributed by atoms with Crippen molar-refractivity contribution in [3.63, 3.8) is 0 Å². The summed E-state index contributed by atoms with van der Waals surface area (Å²) in [6, 6.07) is 1.12. The third kappa shape index (κ3) is 7.39. The maximum atomic E-state index is 11.3. The van der Waals surface area contributed by atoms with E-state index in [9.17, 15) is 4.79 Å². The Morgan fingerprint density at radius 2 is 2.18 bits per heavy atom. The molecule has 100 valence electrons. The standard InChI is InChI=1S/C12H25NO3Si/c1-2-16-17-9-5-8-13-12(14)15-10-11-6-3-4-7-11/h11H,2-10,17H2,1H3,(H,13,14). The van der Waals surface area contributed by atoms with Gasteiger partial charge in [-0.1, -0.05) is 12.8 Å². The third-order valence-corrected chi connectivity index (χ3v) is 4.60. The molecule has 1 saturated carbocycles. The number of carbonyl (C=O) groups is 1. The van der Waals surface area contributed by atoms with Crippen molar-refractivity contribution in [1.29, 1.82) is 0 Å². The molecule has 0 heterocycles. The Bertz CT molecular complexity index is 208. The number of rotatable bonds is 8. The lowest BCUT2D eigenvalue weighted by Crippen LogP contribution is -2.27. The highest BCUT2D eigenvalue weighted by Crippen LogP contribution is 2.24. The number of alkyl carbamates (subject to hydrolysis) is 1. The molecule has 1 amide bonds. The van der Waals surface area contributed by atoms with Crippen LogP contribution in [0.15, 0.2) is 0 Å². The molecule has 0 aromatic rings. The molecule has 0 aromatic heterocycles. The minimum atomic E-state index is -0.349. The second-order valence-electron chi connectivity index (χ2n) is 4.58. The molecule has 1 aliphatic rings. The molecule has 0 radical (unpaired) electrons. The molecule has 0 bridgehead atoms. The first kappa shape index (κ1) is 14.5. The third-order valence-electron chi connectivity index (χ3n) is 3.11. The molecule has 0 unspecified atom stereocenters. The summed E-state index contributed by atoms with van der Waals surface area (Å²) in [6.07, 6.45) is 5.76. The van der Waals surface area contributed by atoms with Crippen molar-refractivity contribution in [2.45, 2.75) is 45.1 Å². The molecule has 4 nitrogen and oxygen atoms in total. The number of amides is 1. The average molecular weight is 259 g/mol. The molecule has 17 heavy (non-hydrogen) atoms. The number of nitrogens with one attached hydrogen (secondary N) is 1. The van der Waals surface area contributed by atoms with E-state index in [1.165, 1.54) is 25.7 Å². The Labute approximate surface area is 106 Å². The van der Waals surface area contributed by atoms with Gasteiger partial charge < -0.3 is 14.5 Å². The van der Waals surface area contributed by atoms with Gasteiger partial charge in [0.1, 0.15) is 0 Å². The smallest absolute Gasteiger partial charge is 0.407 e. The molecular weight excluding hydrogens is 234 g/mol. The molecule has 5 heteroatoms. The van der Waals surface area contributed by atoms with Crippen LogP contribution in [0, 0.1) is 5.92 Å². The Morgan fingerprint density at radius 1 is 1.41 bits per heavy atom. The van der Waals surface area contributed by atoms with Crippen LogP contribution in [0.1, 0.15) is 39.0 Å². The van der Waals surface area contributed by atoms with Gasteiger partial charge in [-0.3, -0.25) is 0 Å². The molecular formula is C12H25NO3Si. The van der Waals surface area contributed by atoms with Crippen LogP contribution in [0.5, 0.6) is 0 Å². The van der Waals surface area contributed by atoms with Gasteiger partial charge >= 0.3 is 6.09 Å². The van der Waals surface area contributed by atoms with Crippen LogP contribution in [-0.4, -0.2) is 35.6 Å². The van der Waals surface area contributed by atoms with Gasteiger partial charge in [0, 0.05) is 13.2 Å². The van der Waals surface area contributed by atoms with Crippen LogP contribution in [0.25, 0.3) is 0 Å². The predicted octanol–water partition coefficient (Wildman–Crippen LogP) is 1.83. The highest BCUT2D eigenvalue weighted by Gasteiger charge is 2.16. The molecule has 0 atom stereocenters. The first-order chi connectivity index (χ1) is 8.33. The normalized spacial score (nSPS) is 16.8. The quantitative estimate of drug-likeness (QED) is 0.534. The second-order valence-corrected chi connectivity index (χ2v) is 6.10. The van der Waals surface area contributed by atoms with Gasteiger partial charge in [-0.25, -0.2) is 4.79 Å². The number of ether oxygens (including phenoxy) is 1. The molecule has 0 aliphatic heterocycles. The Balaban J connectivity index is 1.87. The van der Waals surface area contributed by atoms with Gasteiger partial charge in [0.2, 0.25) is 0 Å². The zero-order valence-electron chi connectivity index (χ0n) is 10.9. The lowest BCUT2D eigenvalue weighted by atomic mass is 10.1. The highest BCUT2D eigenvalue weighted by molar-refractivity contribution is 6.26. The van der Waals surface area contributed by atoms with Crippen molar-refractivity contribution < 1.29 is 14.0 Å². The van der Waals surface area contributed by atoms with E-state index in [1.807, 2.05) is 6.92 Å². The summed E-state index contributed by atoms with van der Waals surface area (Å²) in [5, 5.41) is 2.79. The Morgan fingerprint density at radius 3 is 2.88 bits per heavy atom. The van der Waals surface area contributed by atoms with Crippen molar-refractivity contribution >= 4 is 15.9 Å². The summed E-state index contributed by atoms with van der Waals surface area (Å²) >= 11 is 0. The molecule has 0 spiro atoms. The second kappa shape index (κ2) is 9.47. The van der Waals surface area contributed by atoms with Crippen LogP contribution in [0.3, 0.4) is 0 Å². The van der Waals surface area contributed by atoms with Gasteiger partial charge in [-0.2, -0.15) is 0 Å². The van der Waals surface area contributed by atoms with Crippen LogP contribution < -0.4 is 5.32 Å². The van der Waals surface area contributed by atoms with E-state index in [2.05, 4.69) is 5.32 Å². The van der Waals surface area contributed by atoms with Crippen molar-refractivity contribution in [2.75, 3.05) is 19.8 Å². The Hall–Kier alpha value is -0.553. The summed E-state index contributed by atoms with van der Waals surface area (Å²) in [5.41, 5.74) is 0. The average Bonchev–Trinajstić information content (AvgIpc) is 2.84.